The van der Waals surface area contributed by atoms with Crippen LogP contribution in [0.15, 0.2) is 48.5 Å². The third kappa shape index (κ3) is 4.22. The maximum Gasteiger partial charge on any atom is -0.00425 e. The van der Waals surface area contributed by atoms with Crippen LogP contribution in [0.25, 0.3) is 0 Å². The number of rotatable bonds is 5. The molecule has 0 heterocycles. The van der Waals surface area contributed by atoms with E-state index in [0.29, 0.717) is 5.92 Å². The Morgan fingerprint density at radius 2 is 1.53 bits per heavy atom. The van der Waals surface area contributed by atoms with E-state index in [2.05, 4.69) is 62.4 Å². The lowest BCUT2D eigenvalue weighted by Crippen LogP contribution is -2.19. The van der Waals surface area contributed by atoms with Crippen molar-refractivity contribution in [2.24, 2.45) is 11.7 Å². The topological polar surface area (TPSA) is 26.0 Å². The first-order chi connectivity index (χ1) is 9.17. The van der Waals surface area contributed by atoms with Crippen LogP contribution in [0, 0.1) is 19.8 Å². The third-order valence-electron chi connectivity index (χ3n) is 3.59. The van der Waals surface area contributed by atoms with Crippen molar-refractivity contribution in [1.29, 1.82) is 0 Å². The van der Waals surface area contributed by atoms with E-state index in [4.69, 9.17) is 5.73 Å². The fraction of sp³-hybridized carbons (Fsp3) is 0.333. The molecule has 0 aromatic heterocycles. The molecule has 0 saturated carbocycles. The standard InChI is InChI=1S/C18H23N/c1-14-6-8-16(9-7-14)11-18(13-19)12-17-5-3-4-15(2)10-17/h3-10,18H,11-13,19H2,1-2H3. The smallest absolute Gasteiger partial charge is 0.00425 e. The first kappa shape index (κ1) is 13.8. The van der Waals surface area contributed by atoms with Crippen LogP contribution in [-0.4, -0.2) is 6.54 Å². The van der Waals surface area contributed by atoms with Gasteiger partial charge in [-0.05, 0) is 50.3 Å². The Morgan fingerprint density at radius 1 is 0.842 bits per heavy atom. The van der Waals surface area contributed by atoms with Gasteiger partial charge in [-0.25, -0.2) is 0 Å². The average Bonchev–Trinajstić information content (AvgIpc) is 2.40. The van der Waals surface area contributed by atoms with Crippen molar-refractivity contribution >= 4 is 0 Å². The van der Waals surface area contributed by atoms with Gasteiger partial charge in [0.2, 0.25) is 0 Å². The maximum absolute atomic E-state index is 5.94. The van der Waals surface area contributed by atoms with Crippen LogP contribution >= 0.6 is 0 Å². The highest BCUT2D eigenvalue weighted by Gasteiger charge is 2.09. The van der Waals surface area contributed by atoms with Gasteiger partial charge in [0.15, 0.2) is 0 Å². The highest BCUT2D eigenvalue weighted by atomic mass is 14.5. The van der Waals surface area contributed by atoms with Crippen LogP contribution in [0.2, 0.25) is 0 Å². The molecule has 2 aromatic carbocycles. The van der Waals surface area contributed by atoms with Crippen molar-refractivity contribution in [2.45, 2.75) is 26.7 Å². The van der Waals surface area contributed by atoms with E-state index in [1.54, 1.807) is 0 Å². The monoisotopic (exact) mass is 253 g/mol. The van der Waals surface area contributed by atoms with Gasteiger partial charge in [-0.2, -0.15) is 0 Å². The molecule has 1 heteroatoms. The van der Waals surface area contributed by atoms with Crippen LogP contribution in [0.1, 0.15) is 22.3 Å². The zero-order valence-corrected chi connectivity index (χ0v) is 11.9. The largest absolute Gasteiger partial charge is 0.330 e. The summed E-state index contributed by atoms with van der Waals surface area (Å²) in [4.78, 5) is 0. The molecule has 2 rings (SSSR count). The Balaban J connectivity index is 2.02. The van der Waals surface area contributed by atoms with Crippen molar-refractivity contribution in [3.8, 4) is 0 Å². The molecule has 2 N–H and O–H groups in total. The summed E-state index contributed by atoms with van der Waals surface area (Å²) < 4.78 is 0. The van der Waals surface area contributed by atoms with Crippen LogP contribution in [-0.2, 0) is 12.8 Å². The minimum absolute atomic E-state index is 0.518. The molecule has 0 amide bonds. The first-order valence-electron chi connectivity index (χ1n) is 6.98. The molecule has 0 spiro atoms. The van der Waals surface area contributed by atoms with E-state index in [1.165, 1.54) is 22.3 Å². The van der Waals surface area contributed by atoms with E-state index in [9.17, 15) is 0 Å². The van der Waals surface area contributed by atoms with E-state index < -0.39 is 0 Å². The number of hydrogen-bond donors (Lipinski definition) is 1. The quantitative estimate of drug-likeness (QED) is 0.864. The zero-order valence-electron chi connectivity index (χ0n) is 11.9. The molecule has 0 bridgehead atoms. The molecule has 0 fully saturated rings. The van der Waals surface area contributed by atoms with Crippen LogP contribution < -0.4 is 5.73 Å². The van der Waals surface area contributed by atoms with Crippen molar-refractivity contribution in [3.63, 3.8) is 0 Å². The third-order valence-corrected chi connectivity index (χ3v) is 3.59. The summed E-state index contributed by atoms with van der Waals surface area (Å²) in [5.41, 5.74) is 11.3. The molecular weight excluding hydrogens is 230 g/mol. The summed E-state index contributed by atoms with van der Waals surface area (Å²) in [7, 11) is 0. The molecule has 0 radical (unpaired) electrons. The predicted molar refractivity (Wildman–Crippen MR) is 82.3 cm³/mol. The van der Waals surface area contributed by atoms with Gasteiger partial charge < -0.3 is 5.73 Å². The summed E-state index contributed by atoms with van der Waals surface area (Å²) in [6.45, 7) is 5.00. The SMILES string of the molecule is Cc1ccc(CC(CN)Cc2cccc(C)c2)cc1. The first-order valence-corrected chi connectivity index (χ1v) is 6.98. The molecule has 1 unspecified atom stereocenters. The molecule has 100 valence electrons. The second-order valence-corrected chi connectivity index (χ2v) is 5.48. The summed E-state index contributed by atoms with van der Waals surface area (Å²) in [5.74, 6) is 0.518. The summed E-state index contributed by atoms with van der Waals surface area (Å²) >= 11 is 0. The second kappa shape index (κ2) is 6.53. The maximum atomic E-state index is 5.94. The van der Waals surface area contributed by atoms with Crippen molar-refractivity contribution in [3.05, 3.63) is 70.8 Å². The molecule has 0 saturated heterocycles. The van der Waals surface area contributed by atoms with E-state index in [0.717, 1.165) is 19.4 Å². The molecule has 0 aliphatic carbocycles. The minimum atomic E-state index is 0.518. The summed E-state index contributed by atoms with van der Waals surface area (Å²) in [5, 5.41) is 0. The molecule has 0 aliphatic rings. The van der Waals surface area contributed by atoms with E-state index in [-0.39, 0.29) is 0 Å². The number of nitrogens with two attached hydrogens (primary N) is 1. The van der Waals surface area contributed by atoms with Crippen molar-refractivity contribution < 1.29 is 0 Å². The summed E-state index contributed by atoms with van der Waals surface area (Å²) in [6.07, 6.45) is 2.12. The zero-order chi connectivity index (χ0) is 13.7. The van der Waals surface area contributed by atoms with Gasteiger partial charge in [-0.1, -0.05) is 59.7 Å². The van der Waals surface area contributed by atoms with E-state index >= 15 is 0 Å². The second-order valence-electron chi connectivity index (χ2n) is 5.48. The van der Waals surface area contributed by atoms with Crippen LogP contribution in [0.4, 0.5) is 0 Å². The lowest BCUT2D eigenvalue weighted by Gasteiger charge is -2.15. The molecule has 2 aromatic rings. The van der Waals surface area contributed by atoms with Gasteiger partial charge in [0, 0.05) is 0 Å². The van der Waals surface area contributed by atoms with Gasteiger partial charge in [0.05, 0.1) is 0 Å². The van der Waals surface area contributed by atoms with Crippen molar-refractivity contribution in [1.82, 2.24) is 0 Å². The summed E-state index contributed by atoms with van der Waals surface area (Å²) in [6, 6.07) is 17.5. The number of hydrogen-bond acceptors (Lipinski definition) is 1. The van der Waals surface area contributed by atoms with Crippen LogP contribution in [0.3, 0.4) is 0 Å². The van der Waals surface area contributed by atoms with Gasteiger partial charge in [-0.3, -0.25) is 0 Å². The van der Waals surface area contributed by atoms with Crippen LogP contribution in [0.5, 0.6) is 0 Å². The molecule has 1 nitrogen and oxygen atoms in total. The average molecular weight is 253 g/mol. The predicted octanol–water partition coefficient (Wildman–Crippen LogP) is 3.66. The fourth-order valence-corrected chi connectivity index (χ4v) is 2.47. The minimum Gasteiger partial charge on any atom is -0.330 e. The fourth-order valence-electron chi connectivity index (χ4n) is 2.47. The van der Waals surface area contributed by atoms with Gasteiger partial charge in [-0.15, -0.1) is 0 Å². The van der Waals surface area contributed by atoms with E-state index in [1.807, 2.05) is 0 Å². The lowest BCUT2D eigenvalue weighted by molar-refractivity contribution is 0.533. The number of benzene rings is 2. The Bertz CT molecular complexity index is 513. The van der Waals surface area contributed by atoms with Gasteiger partial charge >= 0.3 is 0 Å². The molecule has 19 heavy (non-hydrogen) atoms. The lowest BCUT2D eigenvalue weighted by atomic mass is 9.92. The molecule has 1 atom stereocenters. The molecule has 0 aliphatic heterocycles. The number of aryl methyl sites for hydroxylation is 2. The van der Waals surface area contributed by atoms with Gasteiger partial charge in [0.1, 0.15) is 0 Å². The molecular formula is C18H23N. The Kier molecular flexibility index (Phi) is 4.75. The Morgan fingerprint density at radius 3 is 2.16 bits per heavy atom. The Labute approximate surface area is 116 Å². The normalized spacial score (nSPS) is 12.4. The van der Waals surface area contributed by atoms with Gasteiger partial charge in [0.25, 0.3) is 0 Å². The Hall–Kier alpha value is -1.60. The highest BCUT2D eigenvalue weighted by molar-refractivity contribution is 5.24. The highest BCUT2D eigenvalue weighted by Crippen LogP contribution is 2.15. The van der Waals surface area contributed by atoms with Crippen molar-refractivity contribution in [2.75, 3.05) is 6.54 Å².